The fourth-order valence-electron chi connectivity index (χ4n) is 3.19. The fourth-order valence-corrected chi connectivity index (χ4v) is 3.19. The summed E-state index contributed by atoms with van der Waals surface area (Å²) in [5.74, 6) is 0.201. The summed E-state index contributed by atoms with van der Waals surface area (Å²) >= 11 is 0. The number of benzene rings is 2. The van der Waals surface area contributed by atoms with Crippen molar-refractivity contribution in [1.82, 2.24) is 19.7 Å². The number of aromatic nitrogens is 4. The molecule has 6 heteroatoms. The average Bonchev–Trinajstić information content (AvgIpc) is 3.03. The van der Waals surface area contributed by atoms with Crippen LogP contribution in [0.1, 0.15) is 12.5 Å². The highest BCUT2D eigenvalue weighted by molar-refractivity contribution is 5.91. The number of nitrogens with zero attached hydrogens (tertiary/aromatic N) is 5. The van der Waals surface area contributed by atoms with Crippen LogP contribution in [0.3, 0.4) is 0 Å². The molecule has 0 bridgehead atoms. The van der Waals surface area contributed by atoms with E-state index in [1.807, 2.05) is 51.5 Å². The molecule has 2 aromatic carbocycles. The van der Waals surface area contributed by atoms with E-state index in [1.54, 1.807) is 10.9 Å². The molecule has 0 unspecified atom stereocenters. The van der Waals surface area contributed by atoms with Gasteiger partial charge in [0, 0.05) is 49.0 Å². The number of aromatic hydroxyl groups is 1. The number of fused-ring (bicyclic) bond motifs is 2. The SMILES string of the molecule is CCN(C)c1ccc2nc(-c3cc4cn(C)nc4c(C)c3O)cnc2c1. The van der Waals surface area contributed by atoms with Gasteiger partial charge in [0.15, 0.2) is 0 Å². The minimum absolute atomic E-state index is 0.201. The van der Waals surface area contributed by atoms with Crippen LogP contribution in [0.15, 0.2) is 36.7 Å². The molecule has 0 atom stereocenters. The van der Waals surface area contributed by atoms with Crippen LogP contribution in [0.4, 0.5) is 5.69 Å². The molecule has 4 aromatic rings. The molecule has 132 valence electrons. The van der Waals surface area contributed by atoms with E-state index in [4.69, 9.17) is 4.98 Å². The maximum Gasteiger partial charge on any atom is 0.130 e. The summed E-state index contributed by atoms with van der Waals surface area (Å²) in [5, 5.41) is 16.0. The molecule has 0 amide bonds. The predicted octanol–water partition coefficient (Wildman–Crippen LogP) is 3.65. The Hall–Kier alpha value is -3.15. The van der Waals surface area contributed by atoms with E-state index >= 15 is 0 Å². The highest BCUT2D eigenvalue weighted by Crippen LogP contribution is 2.36. The topological polar surface area (TPSA) is 67.1 Å². The Kier molecular flexibility index (Phi) is 3.76. The van der Waals surface area contributed by atoms with Crippen molar-refractivity contribution in [3.63, 3.8) is 0 Å². The van der Waals surface area contributed by atoms with Gasteiger partial charge in [0.25, 0.3) is 0 Å². The summed E-state index contributed by atoms with van der Waals surface area (Å²) in [7, 11) is 3.92. The molecule has 0 radical (unpaired) electrons. The van der Waals surface area contributed by atoms with Crippen molar-refractivity contribution >= 4 is 27.6 Å². The Balaban J connectivity index is 1.86. The van der Waals surface area contributed by atoms with Crippen molar-refractivity contribution in [2.75, 3.05) is 18.5 Å². The van der Waals surface area contributed by atoms with Crippen LogP contribution < -0.4 is 4.90 Å². The van der Waals surface area contributed by atoms with E-state index in [9.17, 15) is 5.11 Å². The summed E-state index contributed by atoms with van der Waals surface area (Å²) < 4.78 is 1.75. The van der Waals surface area contributed by atoms with Crippen molar-refractivity contribution < 1.29 is 5.11 Å². The zero-order chi connectivity index (χ0) is 18.4. The first-order valence-electron chi connectivity index (χ1n) is 8.62. The number of hydrogen-bond donors (Lipinski definition) is 1. The molecule has 26 heavy (non-hydrogen) atoms. The lowest BCUT2D eigenvalue weighted by molar-refractivity contribution is 0.474. The van der Waals surface area contributed by atoms with E-state index in [2.05, 4.69) is 21.9 Å². The largest absolute Gasteiger partial charge is 0.507 e. The standard InChI is InChI=1S/C20H21N5O/c1-5-24(3)14-6-7-16-17(9-14)21-10-18(22-16)15-8-13-11-25(4)23-19(13)12(2)20(15)26/h6-11,26H,5H2,1-4H3. The minimum Gasteiger partial charge on any atom is -0.507 e. The molecule has 1 N–H and O–H groups in total. The highest BCUT2D eigenvalue weighted by atomic mass is 16.3. The monoisotopic (exact) mass is 347 g/mol. The molecule has 0 aliphatic rings. The van der Waals surface area contributed by atoms with Gasteiger partial charge in [0.05, 0.1) is 28.4 Å². The number of rotatable bonds is 3. The fraction of sp³-hybridized carbons (Fsp3) is 0.250. The maximum absolute atomic E-state index is 10.7. The quantitative estimate of drug-likeness (QED) is 0.613. The second-order valence-electron chi connectivity index (χ2n) is 6.58. The van der Waals surface area contributed by atoms with Gasteiger partial charge in [-0.25, -0.2) is 4.98 Å². The van der Waals surface area contributed by atoms with Gasteiger partial charge in [-0.2, -0.15) is 5.10 Å². The minimum atomic E-state index is 0.201. The number of anilines is 1. The van der Waals surface area contributed by atoms with Crippen molar-refractivity contribution in [3.05, 3.63) is 42.2 Å². The van der Waals surface area contributed by atoms with E-state index in [1.165, 1.54) is 0 Å². The second-order valence-corrected chi connectivity index (χ2v) is 6.58. The molecule has 6 nitrogen and oxygen atoms in total. The Morgan fingerprint density at radius 1 is 1.19 bits per heavy atom. The van der Waals surface area contributed by atoms with Gasteiger partial charge >= 0.3 is 0 Å². The molecule has 2 heterocycles. The van der Waals surface area contributed by atoms with Gasteiger partial charge in [0.2, 0.25) is 0 Å². The van der Waals surface area contributed by atoms with Crippen molar-refractivity contribution in [3.8, 4) is 17.0 Å². The van der Waals surface area contributed by atoms with Crippen LogP contribution in [-0.2, 0) is 7.05 Å². The zero-order valence-corrected chi connectivity index (χ0v) is 15.4. The van der Waals surface area contributed by atoms with Crippen LogP contribution in [0.25, 0.3) is 33.2 Å². The summed E-state index contributed by atoms with van der Waals surface area (Å²) in [5.41, 5.74) is 5.63. The predicted molar refractivity (Wildman–Crippen MR) is 105 cm³/mol. The Morgan fingerprint density at radius 3 is 2.77 bits per heavy atom. The molecule has 0 spiro atoms. The second kappa shape index (κ2) is 5.98. The summed E-state index contributed by atoms with van der Waals surface area (Å²) in [6, 6.07) is 7.96. The third-order valence-electron chi connectivity index (χ3n) is 4.84. The highest BCUT2D eigenvalue weighted by Gasteiger charge is 2.15. The smallest absolute Gasteiger partial charge is 0.130 e. The van der Waals surface area contributed by atoms with Gasteiger partial charge in [-0.1, -0.05) is 0 Å². The van der Waals surface area contributed by atoms with E-state index in [0.717, 1.165) is 39.7 Å². The average molecular weight is 347 g/mol. The molecule has 0 aliphatic carbocycles. The first-order chi connectivity index (χ1) is 12.5. The van der Waals surface area contributed by atoms with Crippen LogP contribution in [0.5, 0.6) is 5.75 Å². The van der Waals surface area contributed by atoms with Gasteiger partial charge < -0.3 is 10.0 Å². The number of aryl methyl sites for hydroxylation is 2. The van der Waals surface area contributed by atoms with Crippen molar-refractivity contribution in [2.24, 2.45) is 7.05 Å². The van der Waals surface area contributed by atoms with Gasteiger partial charge in [0.1, 0.15) is 5.75 Å². The molecular formula is C20H21N5O. The van der Waals surface area contributed by atoms with Crippen LogP contribution in [0.2, 0.25) is 0 Å². The van der Waals surface area contributed by atoms with Crippen LogP contribution in [0, 0.1) is 6.92 Å². The maximum atomic E-state index is 10.7. The molecule has 2 aromatic heterocycles. The lowest BCUT2D eigenvalue weighted by atomic mass is 10.0. The lowest BCUT2D eigenvalue weighted by Gasteiger charge is -2.17. The molecular weight excluding hydrogens is 326 g/mol. The Bertz CT molecular complexity index is 1130. The number of phenols is 1. The van der Waals surface area contributed by atoms with Crippen LogP contribution in [-0.4, -0.2) is 38.4 Å². The molecule has 0 saturated heterocycles. The van der Waals surface area contributed by atoms with Crippen LogP contribution >= 0.6 is 0 Å². The van der Waals surface area contributed by atoms with E-state index < -0.39 is 0 Å². The van der Waals surface area contributed by atoms with Crippen molar-refractivity contribution in [2.45, 2.75) is 13.8 Å². The number of hydrogen-bond acceptors (Lipinski definition) is 5. The molecule has 4 rings (SSSR count). The number of phenolic OH excluding ortho intramolecular Hbond substituents is 1. The lowest BCUT2D eigenvalue weighted by Crippen LogP contribution is -2.15. The van der Waals surface area contributed by atoms with Gasteiger partial charge in [-0.05, 0) is 38.1 Å². The first-order valence-corrected chi connectivity index (χ1v) is 8.62. The van der Waals surface area contributed by atoms with Gasteiger partial charge in [-0.15, -0.1) is 0 Å². The zero-order valence-electron chi connectivity index (χ0n) is 15.4. The first kappa shape index (κ1) is 16.3. The summed E-state index contributed by atoms with van der Waals surface area (Å²) in [6.07, 6.45) is 3.65. The normalized spacial score (nSPS) is 11.4. The molecule has 0 saturated carbocycles. The van der Waals surface area contributed by atoms with E-state index in [0.29, 0.717) is 11.3 Å². The van der Waals surface area contributed by atoms with Gasteiger partial charge in [-0.3, -0.25) is 9.67 Å². The van der Waals surface area contributed by atoms with Crippen molar-refractivity contribution in [1.29, 1.82) is 0 Å². The Morgan fingerprint density at radius 2 is 2.00 bits per heavy atom. The molecule has 0 aliphatic heterocycles. The third kappa shape index (κ3) is 2.54. The van der Waals surface area contributed by atoms with E-state index in [-0.39, 0.29) is 5.75 Å². The Labute approximate surface area is 151 Å². The summed E-state index contributed by atoms with van der Waals surface area (Å²) in [4.78, 5) is 11.4. The third-order valence-corrected chi connectivity index (χ3v) is 4.84. The summed E-state index contributed by atoms with van der Waals surface area (Å²) in [6.45, 7) is 4.91. The molecule has 0 fully saturated rings.